The topological polar surface area (TPSA) is 117 Å². The zero-order valence-electron chi connectivity index (χ0n) is 16.9. The van der Waals surface area contributed by atoms with E-state index in [1.165, 1.54) is 0 Å². The highest BCUT2D eigenvalue weighted by molar-refractivity contribution is 6.39. The van der Waals surface area contributed by atoms with E-state index < -0.39 is 23.8 Å². The molecule has 0 atom stereocenters. The largest absolute Gasteiger partial charge is 0.459 e. The first kappa shape index (κ1) is 22.7. The maximum atomic E-state index is 12.1. The quantitative estimate of drug-likeness (QED) is 0.538. The fourth-order valence-corrected chi connectivity index (χ4v) is 2.24. The van der Waals surface area contributed by atoms with E-state index in [9.17, 15) is 19.2 Å². The normalized spacial score (nSPS) is 9.93. The van der Waals surface area contributed by atoms with Crippen LogP contribution in [0.15, 0.2) is 12.1 Å². The van der Waals surface area contributed by atoms with Crippen LogP contribution in [-0.2, 0) is 28.7 Å². The Balaban J connectivity index is 3.37. The predicted molar refractivity (Wildman–Crippen MR) is 106 cm³/mol. The number of hydrogen-bond donors (Lipinski definition) is 2. The van der Waals surface area contributed by atoms with Gasteiger partial charge >= 0.3 is 23.8 Å². The average molecular weight is 394 g/mol. The molecule has 0 saturated heterocycles. The molecule has 0 aromatic heterocycles. The first-order valence-electron chi connectivity index (χ1n) is 8.61. The van der Waals surface area contributed by atoms with Crippen molar-refractivity contribution in [2.24, 2.45) is 0 Å². The van der Waals surface area contributed by atoms with Crippen molar-refractivity contribution in [1.29, 1.82) is 0 Å². The molecular weight excluding hydrogens is 368 g/mol. The molecule has 0 spiro atoms. The molecule has 154 valence electrons. The molecule has 10 heteroatoms. The van der Waals surface area contributed by atoms with Gasteiger partial charge < -0.3 is 29.9 Å². The van der Waals surface area contributed by atoms with Gasteiger partial charge in [0.15, 0.2) is 0 Å². The molecule has 2 N–H and O–H groups in total. The van der Waals surface area contributed by atoms with Crippen LogP contribution in [0.25, 0.3) is 0 Å². The highest BCUT2D eigenvalue weighted by atomic mass is 16.5. The average Bonchev–Trinajstić information content (AvgIpc) is 2.62. The van der Waals surface area contributed by atoms with Gasteiger partial charge in [0.05, 0.1) is 36.0 Å². The lowest BCUT2D eigenvalue weighted by Gasteiger charge is -2.25. The van der Waals surface area contributed by atoms with E-state index in [1.54, 1.807) is 64.0 Å². The molecule has 1 aromatic rings. The number of benzene rings is 1. The van der Waals surface area contributed by atoms with E-state index in [-0.39, 0.29) is 24.6 Å². The fourth-order valence-electron chi connectivity index (χ4n) is 2.24. The van der Waals surface area contributed by atoms with Crippen molar-refractivity contribution in [1.82, 2.24) is 0 Å². The number of nitrogens with zero attached hydrogens (tertiary/aromatic N) is 2. The third kappa shape index (κ3) is 5.86. The molecule has 0 aliphatic carbocycles. The molecule has 0 fully saturated rings. The number of anilines is 4. The van der Waals surface area contributed by atoms with E-state index >= 15 is 0 Å². The second-order valence-electron chi connectivity index (χ2n) is 6.02. The Morgan fingerprint density at radius 2 is 1.07 bits per heavy atom. The minimum absolute atomic E-state index is 0.0429. The van der Waals surface area contributed by atoms with Crippen molar-refractivity contribution in [3.8, 4) is 0 Å². The van der Waals surface area contributed by atoms with Crippen LogP contribution < -0.4 is 20.4 Å². The summed E-state index contributed by atoms with van der Waals surface area (Å²) in [5, 5.41) is 4.81. The molecule has 2 amide bonds. The number of rotatable bonds is 6. The van der Waals surface area contributed by atoms with Crippen LogP contribution in [0.1, 0.15) is 13.8 Å². The lowest BCUT2D eigenvalue weighted by Crippen LogP contribution is -2.28. The molecule has 0 saturated carbocycles. The number of esters is 2. The molecule has 0 heterocycles. The molecule has 1 rings (SSSR count). The molecule has 10 nitrogen and oxygen atoms in total. The number of carbonyl (C=O) groups is 4. The second-order valence-corrected chi connectivity index (χ2v) is 6.02. The second kappa shape index (κ2) is 10.1. The van der Waals surface area contributed by atoms with E-state index in [0.29, 0.717) is 11.4 Å². The number of hydrogen-bond acceptors (Lipinski definition) is 8. The predicted octanol–water partition coefficient (Wildman–Crippen LogP) is 0.822. The third-order valence-corrected chi connectivity index (χ3v) is 3.50. The number of amides is 2. The van der Waals surface area contributed by atoms with Gasteiger partial charge in [0, 0.05) is 28.2 Å². The van der Waals surface area contributed by atoms with Crippen molar-refractivity contribution < 1.29 is 28.7 Å². The monoisotopic (exact) mass is 394 g/mol. The summed E-state index contributed by atoms with van der Waals surface area (Å²) in [4.78, 5) is 51.0. The van der Waals surface area contributed by atoms with Gasteiger partial charge in [-0.15, -0.1) is 0 Å². The van der Waals surface area contributed by atoms with Crippen LogP contribution >= 0.6 is 0 Å². The highest BCUT2D eigenvalue weighted by Gasteiger charge is 2.22. The molecule has 0 aliphatic heterocycles. The zero-order valence-corrected chi connectivity index (χ0v) is 16.9. The summed E-state index contributed by atoms with van der Waals surface area (Å²) in [6.07, 6.45) is 0. The van der Waals surface area contributed by atoms with Crippen LogP contribution in [0.5, 0.6) is 0 Å². The zero-order chi connectivity index (χ0) is 21.4. The van der Waals surface area contributed by atoms with Crippen molar-refractivity contribution in [2.75, 3.05) is 61.8 Å². The van der Waals surface area contributed by atoms with Gasteiger partial charge in [0.1, 0.15) is 0 Å². The van der Waals surface area contributed by atoms with Gasteiger partial charge in [0.2, 0.25) is 0 Å². The van der Waals surface area contributed by atoms with Crippen molar-refractivity contribution >= 4 is 46.5 Å². The summed E-state index contributed by atoms with van der Waals surface area (Å²) in [6.45, 7) is 3.24. The standard InChI is InChI=1S/C18H26N4O6/c1-7-27-17(25)15(23)19-11-9-13(21(3)4)14(22(5)6)10-12(11)20-16(24)18(26)28-8-2/h9-10H,7-8H2,1-6H3,(H,19,23)(H,20,24). The fraction of sp³-hybridized carbons (Fsp3) is 0.444. The van der Waals surface area contributed by atoms with Crippen LogP contribution in [-0.4, -0.2) is 65.2 Å². The minimum atomic E-state index is -1.06. The Kier molecular flexibility index (Phi) is 8.24. The molecular formula is C18H26N4O6. The summed E-state index contributed by atoms with van der Waals surface area (Å²) in [5.41, 5.74) is 1.67. The molecule has 0 radical (unpaired) electrons. The van der Waals surface area contributed by atoms with Gasteiger partial charge in [-0.2, -0.15) is 0 Å². The van der Waals surface area contributed by atoms with Gasteiger partial charge in [-0.1, -0.05) is 0 Å². The smallest absolute Gasteiger partial charge is 0.397 e. The Morgan fingerprint density at radius 3 is 1.32 bits per heavy atom. The summed E-state index contributed by atoms with van der Waals surface area (Å²) < 4.78 is 9.35. The van der Waals surface area contributed by atoms with Gasteiger partial charge in [0.25, 0.3) is 0 Å². The Hall–Kier alpha value is -3.30. The van der Waals surface area contributed by atoms with Crippen LogP contribution in [0.2, 0.25) is 0 Å². The maximum absolute atomic E-state index is 12.1. The molecule has 28 heavy (non-hydrogen) atoms. The third-order valence-electron chi connectivity index (χ3n) is 3.50. The van der Waals surface area contributed by atoms with Crippen LogP contribution in [0.3, 0.4) is 0 Å². The Bertz CT molecular complexity index is 698. The van der Waals surface area contributed by atoms with Crippen molar-refractivity contribution in [2.45, 2.75) is 13.8 Å². The number of nitrogens with one attached hydrogen (secondary N) is 2. The summed E-state index contributed by atoms with van der Waals surface area (Å²) >= 11 is 0. The van der Waals surface area contributed by atoms with Crippen LogP contribution in [0, 0.1) is 0 Å². The number of ether oxygens (including phenoxy) is 2. The van der Waals surface area contributed by atoms with E-state index in [1.807, 2.05) is 0 Å². The summed E-state index contributed by atoms with van der Waals surface area (Å²) in [6, 6.07) is 3.15. The van der Waals surface area contributed by atoms with Crippen molar-refractivity contribution in [3.05, 3.63) is 12.1 Å². The van der Waals surface area contributed by atoms with E-state index in [2.05, 4.69) is 20.1 Å². The summed E-state index contributed by atoms with van der Waals surface area (Å²) in [7, 11) is 7.21. The van der Waals surface area contributed by atoms with Crippen LogP contribution in [0.4, 0.5) is 22.7 Å². The van der Waals surface area contributed by atoms with Gasteiger partial charge in [-0.05, 0) is 26.0 Å². The van der Waals surface area contributed by atoms with E-state index in [4.69, 9.17) is 0 Å². The maximum Gasteiger partial charge on any atom is 0.397 e. The summed E-state index contributed by atoms with van der Waals surface area (Å²) in [5.74, 6) is -4.13. The molecule has 1 aromatic carbocycles. The highest BCUT2D eigenvalue weighted by Crippen LogP contribution is 2.36. The number of carbonyl (C=O) groups excluding carboxylic acids is 4. The Morgan fingerprint density at radius 1 is 0.750 bits per heavy atom. The van der Waals surface area contributed by atoms with E-state index in [0.717, 1.165) is 0 Å². The van der Waals surface area contributed by atoms with Gasteiger partial charge in [-0.3, -0.25) is 9.59 Å². The molecule has 0 aliphatic rings. The lowest BCUT2D eigenvalue weighted by molar-refractivity contribution is -0.152. The minimum Gasteiger partial charge on any atom is -0.459 e. The van der Waals surface area contributed by atoms with Gasteiger partial charge in [-0.25, -0.2) is 9.59 Å². The van der Waals surface area contributed by atoms with Crippen molar-refractivity contribution in [3.63, 3.8) is 0 Å². The molecule has 0 unspecified atom stereocenters. The molecule has 0 bridgehead atoms. The first-order valence-corrected chi connectivity index (χ1v) is 8.61. The lowest BCUT2D eigenvalue weighted by atomic mass is 10.1. The first-order chi connectivity index (χ1) is 13.1. The Labute approximate surface area is 163 Å². The SMILES string of the molecule is CCOC(=O)C(=O)Nc1cc(N(C)C)c(N(C)C)cc1NC(=O)C(=O)OCC.